The van der Waals surface area contributed by atoms with Crippen LogP contribution in [0.5, 0.6) is 0 Å². The van der Waals surface area contributed by atoms with E-state index in [-0.39, 0.29) is 0 Å². The van der Waals surface area contributed by atoms with Crippen molar-refractivity contribution in [3.05, 3.63) is 11.7 Å². The van der Waals surface area contributed by atoms with Gasteiger partial charge in [-0.25, -0.2) is 0 Å². The lowest BCUT2D eigenvalue weighted by Crippen LogP contribution is -2.08. The lowest BCUT2D eigenvalue weighted by Gasteiger charge is -1.98. The van der Waals surface area contributed by atoms with Crippen molar-refractivity contribution in [3.8, 4) is 0 Å². The molecule has 2 rings (SSSR count). The van der Waals surface area contributed by atoms with Gasteiger partial charge in [0.15, 0.2) is 5.82 Å². The van der Waals surface area contributed by atoms with Crippen LogP contribution < -0.4 is 5.32 Å². The van der Waals surface area contributed by atoms with Crippen LogP contribution in [-0.4, -0.2) is 28.3 Å². The monoisotopic (exact) mass is 183 g/mol. The molecule has 1 aromatic heterocycles. The third-order valence-electron chi connectivity index (χ3n) is 2.24. The molecule has 5 heteroatoms. The van der Waals surface area contributed by atoms with Gasteiger partial charge in [0.2, 0.25) is 0 Å². The summed E-state index contributed by atoms with van der Waals surface area (Å²) in [5.74, 6) is 1.36. The van der Waals surface area contributed by atoms with Crippen molar-refractivity contribution in [3.63, 3.8) is 0 Å². The Hall–Kier alpha value is -0.940. The first-order chi connectivity index (χ1) is 6.27. The van der Waals surface area contributed by atoms with Gasteiger partial charge in [0, 0.05) is 12.5 Å². The third-order valence-corrected chi connectivity index (χ3v) is 2.24. The van der Waals surface area contributed by atoms with Gasteiger partial charge in [-0.2, -0.15) is 4.98 Å². The number of rotatable bonds is 2. The van der Waals surface area contributed by atoms with Crippen LogP contribution in [0.4, 0.5) is 0 Å². The van der Waals surface area contributed by atoms with E-state index >= 15 is 0 Å². The molecule has 0 aromatic carbocycles. The first kappa shape index (κ1) is 8.65. The van der Waals surface area contributed by atoms with Gasteiger partial charge in [-0.05, 0) is 19.9 Å². The van der Waals surface area contributed by atoms with Gasteiger partial charge >= 0.3 is 0 Å². The van der Waals surface area contributed by atoms with Gasteiger partial charge in [-0.1, -0.05) is 5.16 Å². The standard InChI is InChI=1S/C8H13N3O2/c1-5(12)8-10-7(11-13-8)6-2-3-9-4-6/h5-6,9,12H,2-4H2,1H3. The normalized spacial score (nSPS) is 24.9. The summed E-state index contributed by atoms with van der Waals surface area (Å²) in [6, 6.07) is 0. The molecule has 1 aliphatic rings. The summed E-state index contributed by atoms with van der Waals surface area (Å²) in [5.41, 5.74) is 0. The number of aromatic nitrogens is 2. The van der Waals surface area contributed by atoms with Crippen molar-refractivity contribution in [2.24, 2.45) is 0 Å². The zero-order valence-corrected chi connectivity index (χ0v) is 7.53. The molecule has 2 atom stereocenters. The quantitative estimate of drug-likeness (QED) is 0.685. The van der Waals surface area contributed by atoms with E-state index in [9.17, 15) is 0 Å². The van der Waals surface area contributed by atoms with Crippen molar-refractivity contribution in [2.45, 2.75) is 25.4 Å². The highest BCUT2D eigenvalue weighted by Gasteiger charge is 2.22. The van der Waals surface area contributed by atoms with E-state index in [1.165, 1.54) is 0 Å². The van der Waals surface area contributed by atoms with E-state index < -0.39 is 6.10 Å². The van der Waals surface area contributed by atoms with Crippen molar-refractivity contribution in [2.75, 3.05) is 13.1 Å². The molecule has 2 heterocycles. The molecule has 1 saturated heterocycles. The van der Waals surface area contributed by atoms with Crippen LogP contribution in [0.25, 0.3) is 0 Å². The van der Waals surface area contributed by atoms with Crippen LogP contribution in [0.1, 0.15) is 37.1 Å². The molecule has 0 spiro atoms. The maximum atomic E-state index is 9.17. The van der Waals surface area contributed by atoms with Gasteiger partial charge in [0.25, 0.3) is 5.89 Å². The van der Waals surface area contributed by atoms with Gasteiger partial charge in [-0.3, -0.25) is 0 Å². The Balaban J connectivity index is 2.12. The van der Waals surface area contributed by atoms with Gasteiger partial charge in [0.05, 0.1) is 0 Å². The highest BCUT2D eigenvalue weighted by atomic mass is 16.5. The fourth-order valence-corrected chi connectivity index (χ4v) is 1.46. The molecular weight excluding hydrogens is 170 g/mol. The molecule has 0 amide bonds. The van der Waals surface area contributed by atoms with E-state index in [2.05, 4.69) is 15.5 Å². The first-order valence-corrected chi connectivity index (χ1v) is 4.49. The molecular formula is C8H13N3O2. The van der Waals surface area contributed by atoms with Crippen LogP contribution in [0.15, 0.2) is 4.52 Å². The molecule has 0 aliphatic carbocycles. The minimum atomic E-state index is -0.671. The number of hydrogen-bond acceptors (Lipinski definition) is 5. The summed E-state index contributed by atoms with van der Waals surface area (Å²) < 4.78 is 4.90. The Morgan fingerprint density at radius 1 is 1.69 bits per heavy atom. The summed E-state index contributed by atoms with van der Waals surface area (Å²) in [6.07, 6.45) is 0.370. The number of aliphatic hydroxyl groups excluding tert-OH is 1. The molecule has 72 valence electrons. The Kier molecular flexibility index (Phi) is 2.28. The minimum Gasteiger partial charge on any atom is -0.384 e. The molecule has 13 heavy (non-hydrogen) atoms. The fraction of sp³-hybridized carbons (Fsp3) is 0.750. The second-order valence-electron chi connectivity index (χ2n) is 3.36. The van der Waals surface area contributed by atoms with E-state index in [1.807, 2.05) is 0 Å². The fourth-order valence-electron chi connectivity index (χ4n) is 1.46. The molecule has 5 nitrogen and oxygen atoms in total. The Morgan fingerprint density at radius 3 is 3.08 bits per heavy atom. The van der Waals surface area contributed by atoms with Gasteiger partial charge in [-0.15, -0.1) is 0 Å². The maximum Gasteiger partial charge on any atom is 0.255 e. The van der Waals surface area contributed by atoms with Crippen molar-refractivity contribution in [1.82, 2.24) is 15.5 Å². The highest BCUT2D eigenvalue weighted by molar-refractivity contribution is 5.00. The minimum absolute atomic E-state index is 0.307. The van der Waals surface area contributed by atoms with Gasteiger partial charge in [0.1, 0.15) is 6.10 Å². The molecule has 2 N–H and O–H groups in total. The first-order valence-electron chi connectivity index (χ1n) is 4.49. The molecule has 0 radical (unpaired) electrons. The van der Waals surface area contributed by atoms with E-state index in [4.69, 9.17) is 9.63 Å². The number of aliphatic hydroxyl groups is 1. The van der Waals surface area contributed by atoms with Crippen LogP contribution in [0.2, 0.25) is 0 Å². The average Bonchev–Trinajstić information content (AvgIpc) is 2.75. The number of hydrogen-bond donors (Lipinski definition) is 2. The van der Waals surface area contributed by atoms with E-state index in [1.54, 1.807) is 6.92 Å². The van der Waals surface area contributed by atoms with E-state index in [0.29, 0.717) is 17.6 Å². The summed E-state index contributed by atoms with van der Waals surface area (Å²) in [5, 5.41) is 16.2. The van der Waals surface area contributed by atoms with Crippen LogP contribution in [0.3, 0.4) is 0 Å². The lowest BCUT2D eigenvalue weighted by molar-refractivity contribution is 0.151. The maximum absolute atomic E-state index is 9.17. The summed E-state index contributed by atoms with van der Waals surface area (Å²) in [7, 11) is 0. The molecule has 0 saturated carbocycles. The topological polar surface area (TPSA) is 71.2 Å². The SMILES string of the molecule is CC(O)c1nc(C2CCNC2)no1. The third kappa shape index (κ3) is 1.71. The van der Waals surface area contributed by atoms with Crippen molar-refractivity contribution < 1.29 is 9.63 Å². The van der Waals surface area contributed by atoms with Crippen LogP contribution in [0, 0.1) is 0 Å². The summed E-state index contributed by atoms with van der Waals surface area (Å²) in [6.45, 7) is 3.52. The Morgan fingerprint density at radius 2 is 2.54 bits per heavy atom. The molecule has 1 aromatic rings. The summed E-state index contributed by atoms with van der Waals surface area (Å²) >= 11 is 0. The van der Waals surface area contributed by atoms with E-state index in [0.717, 1.165) is 19.5 Å². The zero-order valence-electron chi connectivity index (χ0n) is 7.53. The smallest absolute Gasteiger partial charge is 0.255 e. The number of nitrogens with one attached hydrogen (secondary N) is 1. The Labute approximate surface area is 76.1 Å². The average molecular weight is 183 g/mol. The molecule has 2 unspecified atom stereocenters. The molecule has 1 aliphatic heterocycles. The lowest BCUT2D eigenvalue weighted by atomic mass is 10.1. The second-order valence-corrected chi connectivity index (χ2v) is 3.36. The largest absolute Gasteiger partial charge is 0.384 e. The molecule has 0 bridgehead atoms. The highest BCUT2D eigenvalue weighted by Crippen LogP contribution is 2.20. The Bertz CT molecular complexity index is 279. The summed E-state index contributed by atoms with van der Waals surface area (Å²) in [4.78, 5) is 4.12. The number of nitrogens with zero attached hydrogens (tertiary/aromatic N) is 2. The van der Waals surface area contributed by atoms with Crippen LogP contribution >= 0.6 is 0 Å². The zero-order chi connectivity index (χ0) is 9.26. The predicted molar refractivity (Wildman–Crippen MR) is 45.2 cm³/mol. The second kappa shape index (κ2) is 3.43. The molecule has 1 fully saturated rings. The van der Waals surface area contributed by atoms with Gasteiger partial charge < -0.3 is 14.9 Å². The predicted octanol–water partition coefficient (Wildman–Crippen LogP) is 0.200. The van der Waals surface area contributed by atoms with Crippen molar-refractivity contribution >= 4 is 0 Å². The van der Waals surface area contributed by atoms with Crippen molar-refractivity contribution in [1.29, 1.82) is 0 Å². The van der Waals surface area contributed by atoms with Crippen LogP contribution in [-0.2, 0) is 0 Å².